The Morgan fingerprint density at radius 3 is 2.89 bits per heavy atom. The molecule has 1 heterocycles. The molecule has 3 heteroatoms. The molecule has 0 N–H and O–H groups in total. The van der Waals surface area contributed by atoms with Gasteiger partial charge in [-0.25, -0.2) is 0 Å². The minimum atomic E-state index is -0.198. The Balaban J connectivity index is 2.48. The number of esters is 1. The predicted molar refractivity (Wildman–Crippen MR) is 71.4 cm³/mol. The van der Waals surface area contributed by atoms with Crippen molar-refractivity contribution >= 4 is 16.7 Å². The van der Waals surface area contributed by atoms with Gasteiger partial charge in [-0.1, -0.05) is 25.1 Å². The molecule has 3 nitrogen and oxygen atoms in total. The number of carbonyl (C=O) groups excluding carboxylic acids is 1. The van der Waals surface area contributed by atoms with Crippen molar-refractivity contribution in [1.82, 2.24) is 4.98 Å². The van der Waals surface area contributed by atoms with Crippen molar-refractivity contribution in [3.05, 3.63) is 42.2 Å². The number of hydrogen-bond donors (Lipinski definition) is 0. The highest BCUT2D eigenvalue weighted by atomic mass is 16.5. The smallest absolute Gasteiger partial charge is 0.313 e. The average Bonchev–Trinajstić information content (AvgIpc) is 2.40. The lowest BCUT2D eigenvalue weighted by atomic mass is 9.92. The predicted octanol–water partition coefficient (Wildman–Crippen LogP) is 3.29. The summed E-state index contributed by atoms with van der Waals surface area (Å²) in [6.07, 6.45) is 4.31. The molecule has 0 aliphatic heterocycles. The van der Waals surface area contributed by atoms with Crippen LogP contribution >= 0.6 is 0 Å². The Bertz CT molecular complexity index is 546. The third kappa shape index (κ3) is 2.35. The van der Waals surface area contributed by atoms with Gasteiger partial charge in [0.25, 0.3) is 0 Å². The molecule has 94 valence electrons. The van der Waals surface area contributed by atoms with Gasteiger partial charge in [0, 0.05) is 17.8 Å². The SMILES string of the molecule is CCOC(=O)C(CC)c1cccc2cnccc12. The summed E-state index contributed by atoms with van der Waals surface area (Å²) in [5.74, 6) is -0.347. The fraction of sp³-hybridized carbons (Fsp3) is 0.333. The summed E-state index contributed by atoms with van der Waals surface area (Å²) >= 11 is 0. The Kier molecular flexibility index (Phi) is 3.92. The van der Waals surface area contributed by atoms with Crippen LogP contribution < -0.4 is 0 Å². The number of rotatable bonds is 4. The normalized spacial score (nSPS) is 12.3. The van der Waals surface area contributed by atoms with E-state index in [9.17, 15) is 4.79 Å². The second kappa shape index (κ2) is 5.63. The van der Waals surface area contributed by atoms with Gasteiger partial charge >= 0.3 is 5.97 Å². The zero-order valence-electron chi connectivity index (χ0n) is 10.7. The minimum Gasteiger partial charge on any atom is -0.466 e. The van der Waals surface area contributed by atoms with Gasteiger partial charge in [0.15, 0.2) is 0 Å². The number of hydrogen-bond acceptors (Lipinski definition) is 3. The van der Waals surface area contributed by atoms with Crippen LogP contribution in [-0.4, -0.2) is 17.6 Å². The van der Waals surface area contributed by atoms with Gasteiger partial charge < -0.3 is 4.74 Å². The molecule has 18 heavy (non-hydrogen) atoms. The third-order valence-electron chi connectivity index (χ3n) is 3.07. The lowest BCUT2D eigenvalue weighted by Crippen LogP contribution is -2.15. The Labute approximate surface area is 107 Å². The van der Waals surface area contributed by atoms with Crippen molar-refractivity contribution in [2.75, 3.05) is 6.61 Å². The Hall–Kier alpha value is -1.90. The molecule has 1 aromatic carbocycles. The molecule has 1 aromatic heterocycles. The number of carbonyl (C=O) groups is 1. The summed E-state index contributed by atoms with van der Waals surface area (Å²) in [6.45, 7) is 4.25. The first kappa shape index (κ1) is 12.6. The Morgan fingerprint density at radius 2 is 2.17 bits per heavy atom. The summed E-state index contributed by atoms with van der Waals surface area (Å²) in [7, 11) is 0. The van der Waals surface area contributed by atoms with E-state index in [1.807, 2.05) is 44.3 Å². The Morgan fingerprint density at radius 1 is 1.33 bits per heavy atom. The van der Waals surface area contributed by atoms with Crippen molar-refractivity contribution in [1.29, 1.82) is 0 Å². The van der Waals surface area contributed by atoms with Gasteiger partial charge in [-0.05, 0) is 30.4 Å². The quantitative estimate of drug-likeness (QED) is 0.773. The van der Waals surface area contributed by atoms with E-state index in [4.69, 9.17) is 4.74 Å². The first-order valence-corrected chi connectivity index (χ1v) is 6.27. The van der Waals surface area contributed by atoms with Gasteiger partial charge in [0.05, 0.1) is 12.5 Å². The van der Waals surface area contributed by atoms with Crippen LogP contribution in [-0.2, 0) is 9.53 Å². The molecule has 0 bridgehead atoms. The van der Waals surface area contributed by atoms with Gasteiger partial charge in [-0.15, -0.1) is 0 Å². The maximum absolute atomic E-state index is 12.0. The van der Waals surface area contributed by atoms with Crippen molar-refractivity contribution in [3.8, 4) is 0 Å². The zero-order chi connectivity index (χ0) is 13.0. The molecule has 2 aromatic rings. The topological polar surface area (TPSA) is 39.2 Å². The molecule has 0 spiro atoms. The summed E-state index contributed by atoms with van der Waals surface area (Å²) in [6, 6.07) is 7.91. The molecule has 0 aliphatic rings. The number of aromatic nitrogens is 1. The second-order valence-electron chi connectivity index (χ2n) is 4.16. The first-order valence-electron chi connectivity index (χ1n) is 6.27. The minimum absolute atomic E-state index is 0.149. The number of pyridine rings is 1. The van der Waals surface area contributed by atoms with Crippen LogP contribution in [0.3, 0.4) is 0 Å². The van der Waals surface area contributed by atoms with Gasteiger partial charge in [-0.2, -0.15) is 0 Å². The van der Waals surface area contributed by atoms with E-state index in [-0.39, 0.29) is 11.9 Å². The fourth-order valence-corrected chi connectivity index (χ4v) is 2.21. The molecule has 0 fully saturated rings. The maximum Gasteiger partial charge on any atom is 0.313 e. The van der Waals surface area contributed by atoms with Crippen molar-refractivity contribution in [2.45, 2.75) is 26.2 Å². The molecule has 0 amide bonds. The molecular weight excluding hydrogens is 226 g/mol. The molecule has 0 radical (unpaired) electrons. The van der Waals surface area contributed by atoms with E-state index in [0.29, 0.717) is 6.61 Å². The maximum atomic E-state index is 12.0. The van der Waals surface area contributed by atoms with Crippen LogP contribution in [0.25, 0.3) is 10.8 Å². The molecule has 0 saturated heterocycles. The van der Waals surface area contributed by atoms with Crippen LogP contribution in [0.1, 0.15) is 31.7 Å². The lowest BCUT2D eigenvalue weighted by Gasteiger charge is -2.16. The van der Waals surface area contributed by atoms with Gasteiger partial charge in [0.2, 0.25) is 0 Å². The average molecular weight is 243 g/mol. The number of benzene rings is 1. The standard InChI is InChI=1S/C15H17NO2/c1-3-12(15(17)18-4-2)14-7-5-6-11-10-16-9-8-13(11)14/h5-10,12H,3-4H2,1-2H3. The highest BCUT2D eigenvalue weighted by molar-refractivity contribution is 5.90. The van der Waals surface area contributed by atoms with Crippen LogP contribution in [0.15, 0.2) is 36.7 Å². The summed E-state index contributed by atoms with van der Waals surface area (Å²) in [4.78, 5) is 16.1. The van der Waals surface area contributed by atoms with Crippen molar-refractivity contribution in [3.63, 3.8) is 0 Å². The molecular formula is C15H17NO2. The second-order valence-corrected chi connectivity index (χ2v) is 4.16. The van der Waals surface area contributed by atoms with Crippen LogP contribution in [0, 0.1) is 0 Å². The summed E-state index contributed by atoms with van der Waals surface area (Å²) in [5.41, 5.74) is 1.02. The van der Waals surface area contributed by atoms with Crippen LogP contribution in [0.5, 0.6) is 0 Å². The summed E-state index contributed by atoms with van der Waals surface area (Å²) < 4.78 is 5.14. The van der Waals surface area contributed by atoms with Crippen LogP contribution in [0.2, 0.25) is 0 Å². The third-order valence-corrected chi connectivity index (χ3v) is 3.07. The van der Waals surface area contributed by atoms with E-state index in [1.165, 1.54) is 0 Å². The molecule has 1 atom stereocenters. The van der Waals surface area contributed by atoms with E-state index in [0.717, 1.165) is 22.8 Å². The monoisotopic (exact) mass is 243 g/mol. The summed E-state index contributed by atoms with van der Waals surface area (Å²) in [5, 5.41) is 2.13. The number of fused-ring (bicyclic) bond motifs is 1. The zero-order valence-corrected chi connectivity index (χ0v) is 10.7. The highest BCUT2D eigenvalue weighted by Gasteiger charge is 2.21. The van der Waals surface area contributed by atoms with E-state index < -0.39 is 0 Å². The van der Waals surface area contributed by atoms with Crippen molar-refractivity contribution < 1.29 is 9.53 Å². The fourth-order valence-electron chi connectivity index (χ4n) is 2.21. The van der Waals surface area contributed by atoms with E-state index in [1.54, 1.807) is 6.20 Å². The molecule has 0 aliphatic carbocycles. The first-order chi connectivity index (χ1) is 8.77. The van der Waals surface area contributed by atoms with E-state index in [2.05, 4.69) is 4.98 Å². The number of ether oxygens (including phenoxy) is 1. The van der Waals surface area contributed by atoms with Crippen LogP contribution in [0.4, 0.5) is 0 Å². The molecule has 1 unspecified atom stereocenters. The number of nitrogens with zero attached hydrogens (tertiary/aromatic N) is 1. The van der Waals surface area contributed by atoms with Crippen molar-refractivity contribution in [2.24, 2.45) is 0 Å². The van der Waals surface area contributed by atoms with Gasteiger partial charge in [-0.3, -0.25) is 9.78 Å². The highest BCUT2D eigenvalue weighted by Crippen LogP contribution is 2.28. The van der Waals surface area contributed by atoms with Gasteiger partial charge in [0.1, 0.15) is 0 Å². The molecule has 2 rings (SSSR count). The van der Waals surface area contributed by atoms with E-state index >= 15 is 0 Å². The molecule has 0 saturated carbocycles. The largest absolute Gasteiger partial charge is 0.466 e. The lowest BCUT2D eigenvalue weighted by molar-refractivity contribution is -0.145.